The molecule has 0 spiro atoms. The van der Waals surface area contributed by atoms with Crippen molar-refractivity contribution < 1.29 is 13.5 Å². The van der Waals surface area contributed by atoms with Crippen LogP contribution >= 0.6 is 11.6 Å². The van der Waals surface area contributed by atoms with E-state index in [0.29, 0.717) is 17.0 Å². The van der Waals surface area contributed by atoms with Crippen molar-refractivity contribution in [2.24, 2.45) is 0 Å². The largest absolute Gasteiger partial charge is 0.393 e. The summed E-state index contributed by atoms with van der Waals surface area (Å²) in [6.07, 6.45) is -0.125. The summed E-state index contributed by atoms with van der Waals surface area (Å²) in [7, 11) is -3.40. The molecule has 0 aliphatic carbocycles. The molecule has 1 atom stereocenters. The monoisotopic (exact) mass is 277 g/mol. The van der Waals surface area contributed by atoms with Crippen LogP contribution < -0.4 is 4.72 Å². The molecule has 0 aliphatic heterocycles. The number of halogens is 1. The quantitative estimate of drug-likeness (QED) is 0.829. The van der Waals surface area contributed by atoms with Crippen molar-refractivity contribution >= 4 is 21.6 Å². The van der Waals surface area contributed by atoms with E-state index in [2.05, 4.69) is 4.72 Å². The van der Waals surface area contributed by atoms with E-state index in [0.717, 1.165) is 0 Å². The van der Waals surface area contributed by atoms with Crippen LogP contribution in [-0.2, 0) is 15.8 Å². The van der Waals surface area contributed by atoms with Gasteiger partial charge in [0.05, 0.1) is 11.9 Å². The second-order valence-electron chi connectivity index (χ2n) is 3.88. The van der Waals surface area contributed by atoms with Crippen LogP contribution in [-0.4, -0.2) is 26.2 Å². The van der Waals surface area contributed by atoms with E-state index in [9.17, 15) is 8.42 Å². The Balaban J connectivity index is 2.58. The molecule has 1 unspecified atom stereocenters. The zero-order valence-corrected chi connectivity index (χ0v) is 11.1. The molecule has 0 saturated heterocycles. The molecule has 0 amide bonds. The smallest absolute Gasteiger partial charge is 0.215 e. The molecule has 2 N–H and O–H groups in total. The Morgan fingerprint density at radius 2 is 2.06 bits per heavy atom. The maximum absolute atomic E-state index is 11.7. The first-order valence-electron chi connectivity index (χ1n) is 5.29. The van der Waals surface area contributed by atoms with Crippen molar-refractivity contribution in [1.29, 1.82) is 0 Å². The van der Waals surface area contributed by atoms with Gasteiger partial charge in [-0.3, -0.25) is 0 Å². The van der Waals surface area contributed by atoms with Crippen molar-refractivity contribution in [3.05, 3.63) is 34.9 Å². The summed E-state index contributed by atoms with van der Waals surface area (Å²) in [6.45, 7) is 1.84. The lowest BCUT2D eigenvalue weighted by Crippen LogP contribution is -2.28. The van der Waals surface area contributed by atoms with E-state index in [4.69, 9.17) is 16.7 Å². The highest BCUT2D eigenvalue weighted by molar-refractivity contribution is 7.88. The minimum atomic E-state index is -3.40. The van der Waals surface area contributed by atoms with Gasteiger partial charge < -0.3 is 5.11 Å². The average Bonchev–Trinajstić information content (AvgIpc) is 2.20. The van der Waals surface area contributed by atoms with Gasteiger partial charge in [-0.25, -0.2) is 13.1 Å². The molecule has 0 fully saturated rings. The van der Waals surface area contributed by atoms with Crippen LogP contribution in [0.3, 0.4) is 0 Å². The lowest BCUT2D eigenvalue weighted by Gasteiger charge is -2.08. The van der Waals surface area contributed by atoms with Gasteiger partial charge in [0.1, 0.15) is 0 Å². The van der Waals surface area contributed by atoms with E-state index < -0.39 is 16.1 Å². The van der Waals surface area contributed by atoms with Crippen LogP contribution in [0.5, 0.6) is 0 Å². The molecule has 1 aromatic rings. The molecule has 0 radical (unpaired) electrons. The summed E-state index contributed by atoms with van der Waals surface area (Å²) >= 11 is 5.88. The molecule has 17 heavy (non-hydrogen) atoms. The highest BCUT2D eigenvalue weighted by atomic mass is 35.5. The van der Waals surface area contributed by atoms with Crippen LogP contribution in [0.25, 0.3) is 0 Å². The maximum Gasteiger partial charge on any atom is 0.215 e. The standard InChI is InChI=1S/C11H16ClNO3S/c1-9(14)6-7-13-17(15,16)8-10-4-2-3-5-11(10)12/h2-5,9,13-14H,6-8H2,1H3. The Morgan fingerprint density at radius 3 is 2.65 bits per heavy atom. The summed E-state index contributed by atoms with van der Waals surface area (Å²) < 4.78 is 25.8. The van der Waals surface area contributed by atoms with Crippen LogP contribution in [0.15, 0.2) is 24.3 Å². The fourth-order valence-electron chi connectivity index (χ4n) is 1.29. The van der Waals surface area contributed by atoms with Crippen LogP contribution in [0.1, 0.15) is 18.9 Å². The molecule has 4 nitrogen and oxygen atoms in total. The van der Waals surface area contributed by atoms with Crippen LogP contribution in [0, 0.1) is 0 Å². The first kappa shape index (κ1) is 14.4. The van der Waals surface area contributed by atoms with Crippen molar-refractivity contribution in [3.8, 4) is 0 Å². The van der Waals surface area contributed by atoms with E-state index in [1.807, 2.05) is 0 Å². The molecular formula is C11H16ClNO3S. The predicted molar refractivity (Wildman–Crippen MR) is 68.4 cm³/mol. The van der Waals surface area contributed by atoms with Crippen molar-refractivity contribution in [3.63, 3.8) is 0 Å². The third-order valence-corrected chi connectivity index (χ3v) is 3.89. The maximum atomic E-state index is 11.7. The lowest BCUT2D eigenvalue weighted by molar-refractivity contribution is 0.186. The molecule has 0 heterocycles. The minimum Gasteiger partial charge on any atom is -0.393 e. The molecule has 0 aromatic heterocycles. The summed E-state index contributed by atoms with van der Waals surface area (Å²) in [6, 6.07) is 6.82. The number of sulfonamides is 1. The molecule has 1 aromatic carbocycles. The Morgan fingerprint density at radius 1 is 1.41 bits per heavy atom. The van der Waals surface area contributed by atoms with E-state index in [1.165, 1.54) is 0 Å². The SMILES string of the molecule is CC(O)CCNS(=O)(=O)Cc1ccccc1Cl. The van der Waals surface area contributed by atoms with Gasteiger partial charge in [0, 0.05) is 11.6 Å². The normalized spacial score (nSPS) is 13.6. The molecule has 1 rings (SSSR count). The van der Waals surface area contributed by atoms with Crippen molar-refractivity contribution in [1.82, 2.24) is 4.72 Å². The minimum absolute atomic E-state index is 0.146. The first-order valence-corrected chi connectivity index (χ1v) is 7.32. The van der Waals surface area contributed by atoms with Gasteiger partial charge in [0.2, 0.25) is 10.0 Å². The zero-order valence-electron chi connectivity index (χ0n) is 9.56. The number of aliphatic hydroxyl groups is 1. The van der Waals surface area contributed by atoms with E-state index >= 15 is 0 Å². The van der Waals surface area contributed by atoms with Gasteiger partial charge in [0.15, 0.2) is 0 Å². The molecular weight excluding hydrogens is 262 g/mol. The summed E-state index contributed by atoms with van der Waals surface area (Å²) in [5.74, 6) is -0.146. The predicted octanol–water partition coefficient (Wildman–Crippen LogP) is 1.53. The number of rotatable bonds is 6. The number of benzene rings is 1. The van der Waals surface area contributed by atoms with E-state index in [-0.39, 0.29) is 12.3 Å². The molecule has 96 valence electrons. The molecule has 0 bridgehead atoms. The number of hydrogen-bond acceptors (Lipinski definition) is 3. The number of aliphatic hydroxyl groups excluding tert-OH is 1. The second kappa shape index (κ2) is 6.35. The lowest BCUT2D eigenvalue weighted by atomic mass is 10.2. The van der Waals surface area contributed by atoms with Crippen LogP contribution in [0.4, 0.5) is 0 Å². The number of hydrogen-bond donors (Lipinski definition) is 2. The molecule has 0 saturated carbocycles. The van der Waals surface area contributed by atoms with Crippen molar-refractivity contribution in [2.75, 3.05) is 6.54 Å². The Labute approximate surface area is 107 Å². The Bertz CT molecular complexity index is 460. The Hall–Kier alpha value is -0.620. The molecule has 6 heteroatoms. The zero-order chi connectivity index (χ0) is 12.9. The summed E-state index contributed by atoms with van der Waals surface area (Å²) in [4.78, 5) is 0. The highest BCUT2D eigenvalue weighted by Crippen LogP contribution is 2.17. The van der Waals surface area contributed by atoms with E-state index in [1.54, 1.807) is 31.2 Å². The third-order valence-electron chi connectivity index (χ3n) is 2.19. The summed E-state index contributed by atoms with van der Waals surface area (Å²) in [5, 5.41) is 9.47. The topological polar surface area (TPSA) is 66.4 Å². The van der Waals surface area contributed by atoms with Gasteiger partial charge in [0.25, 0.3) is 0 Å². The van der Waals surface area contributed by atoms with Gasteiger partial charge >= 0.3 is 0 Å². The average molecular weight is 278 g/mol. The fraction of sp³-hybridized carbons (Fsp3) is 0.455. The van der Waals surface area contributed by atoms with Crippen LogP contribution in [0.2, 0.25) is 5.02 Å². The molecule has 0 aliphatic rings. The van der Waals surface area contributed by atoms with Gasteiger partial charge in [-0.2, -0.15) is 0 Å². The van der Waals surface area contributed by atoms with Crippen molar-refractivity contribution in [2.45, 2.75) is 25.2 Å². The third kappa shape index (κ3) is 5.50. The Kier molecular flexibility index (Phi) is 5.39. The fourth-order valence-corrected chi connectivity index (χ4v) is 2.77. The van der Waals surface area contributed by atoms with Gasteiger partial charge in [-0.1, -0.05) is 29.8 Å². The highest BCUT2D eigenvalue weighted by Gasteiger charge is 2.13. The first-order chi connectivity index (χ1) is 7.91. The second-order valence-corrected chi connectivity index (χ2v) is 6.10. The summed E-state index contributed by atoms with van der Waals surface area (Å²) in [5.41, 5.74) is 0.568. The van der Waals surface area contributed by atoms with Gasteiger partial charge in [-0.15, -0.1) is 0 Å². The number of nitrogens with one attached hydrogen (secondary N) is 1. The van der Waals surface area contributed by atoms with Gasteiger partial charge in [-0.05, 0) is 25.0 Å².